The van der Waals surface area contributed by atoms with Gasteiger partial charge in [-0.3, -0.25) is 0 Å². The number of carbonyl (C=O) groups excluding carboxylic acids is 1. The van der Waals surface area contributed by atoms with Crippen molar-refractivity contribution < 1.29 is 14.0 Å². The van der Waals surface area contributed by atoms with Crippen molar-refractivity contribution in [3.63, 3.8) is 0 Å². The van der Waals surface area contributed by atoms with E-state index in [1.807, 2.05) is 20.8 Å². The third-order valence-electron chi connectivity index (χ3n) is 2.07. The molecular weight excluding hydrogens is 258 g/mol. The molecular formula is C14H23NO3Si. The van der Waals surface area contributed by atoms with Gasteiger partial charge in [-0.1, -0.05) is 0 Å². The van der Waals surface area contributed by atoms with E-state index in [-0.39, 0.29) is 0 Å². The number of benzene rings is 1. The first-order valence-electron chi connectivity index (χ1n) is 6.30. The third kappa shape index (κ3) is 5.34. The number of rotatable bonds is 3. The van der Waals surface area contributed by atoms with Crippen molar-refractivity contribution in [1.29, 1.82) is 0 Å². The van der Waals surface area contributed by atoms with Gasteiger partial charge in [-0.05, 0) is 52.5 Å². The summed E-state index contributed by atoms with van der Waals surface area (Å²) in [5.41, 5.74) is 6.12. The van der Waals surface area contributed by atoms with Crippen LogP contribution in [0.3, 0.4) is 0 Å². The summed E-state index contributed by atoms with van der Waals surface area (Å²) in [6.07, 6.45) is 0. The van der Waals surface area contributed by atoms with Crippen LogP contribution in [0.4, 0.5) is 5.69 Å². The minimum absolute atomic E-state index is 0.373. The lowest BCUT2D eigenvalue weighted by atomic mass is 10.1. The fourth-order valence-corrected chi connectivity index (χ4v) is 2.31. The van der Waals surface area contributed by atoms with Gasteiger partial charge >= 0.3 is 5.97 Å². The molecule has 0 saturated carbocycles. The van der Waals surface area contributed by atoms with Gasteiger partial charge in [0.05, 0.1) is 5.56 Å². The molecule has 1 aromatic carbocycles. The summed E-state index contributed by atoms with van der Waals surface area (Å²) in [4.78, 5) is 11.9. The number of esters is 1. The lowest BCUT2D eigenvalue weighted by molar-refractivity contribution is 0.00708. The molecule has 0 atom stereocenters. The molecule has 2 N–H and O–H groups in total. The van der Waals surface area contributed by atoms with E-state index in [0.29, 0.717) is 17.0 Å². The highest BCUT2D eigenvalue weighted by Crippen LogP contribution is 2.24. The number of ether oxygens (including phenoxy) is 1. The average Bonchev–Trinajstić information content (AvgIpc) is 2.11. The maximum Gasteiger partial charge on any atom is 0.340 e. The zero-order valence-electron chi connectivity index (χ0n) is 12.5. The predicted octanol–water partition coefficient (Wildman–Crippen LogP) is 3.44. The lowest BCUT2D eigenvalue weighted by Gasteiger charge is -2.21. The van der Waals surface area contributed by atoms with Crippen molar-refractivity contribution in [2.45, 2.75) is 46.0 Å². The van der Waals surface area contributed by atoms with E-state index in [1.165, 1.54) is 0 Å². The molecule has 0 unspecified atom stereocenters. The molecule has 0 amide bonds. The van der Waals surface area contributed by atoms with E-state index in [9.17, 15) is 4.79 Å². The van der Waals surface area contributed by atoms with Gasteiger partial charge in [-0.2, -0.15) is 0 Å². The van der Waals surface area contributed by atoms with Crippen molar-refractivity contribution in [1.82, 2.24) is 0 Å². The van der Waals surface area contributed by atoms with Crippen LogP contribution in [0.2, 0.25) is 19.6 Å². The van der Waals surface area contributed by atoms with Crippen LogP contribution in [0.1, 0.15) is 31.1 Å². The van der Waals surface area contributed by atoms with Crippen LogP contribution in [0.5, 0.6) is 5.75 Å². The van der Waals surface area contributed by atoms with Crippen molar-refractivity contribution in [3.05, 3.63) is 23.8 Å². The molecule has 0 radical (unpaired) electrons. The number of hydrogen-bond acceptors (Lipinski definition) is 4. The monoisotopic (exact) mass is 281 g/mol. The summed E-state index contributed by atoms with van der Waals surface area (Å²) in [6.45, 7) is 11.7. The minimum atomic E-state index is -1.68. The van der Waals surface area contributed by atoms with E-state index < -0.39 is 19.9 Å². The van der Waals surface area contributed by atoms with E-state index in [1.54, 1.807) is 18.2 Å². The zero-order valence-corrected chi connectivity index (χ0v) is 13.5. The molecule has 0 aliphatic heterocycles. The summed E-state index contributed by atoms with van der Waals surface area (Å²) >= 11 is 0. The molecule has 0 aliphatic carbocycles. The van der Waals surface area contributed by atoms with E-state index in [4.69, 9.17) is 14.9 Å². The van der Waals surface area contributed by atoms with Crippen LogP contribution in [0, 0.1) is 0 Å². The van der Waals surface area contributed by atoms with Gasteiger partial charge in [0.25, 0.3) is 0 Å². The number of nitrogen functional groups attached to an aromatic ring is 1. The largest absolute Gasteiger partial charge is 0.544 e. The van der Waals surface area contributed by atoms with Gasteiger partial charge in [-0.25, -0.2) is 4.79 Å². The van der Waals surface area contributed by atoms with Gasteiger partial charge < -0.3 is 14.9 Å². The van der Waals surface area contributed by atoms with Crippen molar-refractivity contribution in [3.8, 4) is 5.75 Å². The predicted molar refractivity (Wildman–Crippen MR) is 80.0 cm³/mol. The normalized spacial score (nSPS) is 12.1. The Labute approximate surface area is 116 Å². The molecule has 0 aromatic heterocycles. The Kier molecular flexibility index (Phi) is 4.30. The second-order valence-corrected chi connectivity index (χ2v) is 10.9. The SMILES string of the molecule is CC(C)(C)OC(=O)c1ccc(O[Si](C)(C)C)cc1N. The first-order valence-corrected chi connectivity index (χ1v) is 9.71. The van der Waals surface area contributed by atoms with Crippen LogP contribution in [-0.2, 0) is 4.74 Å². The molecule has 0 heterocycles. The van der Waals surface area contributed by atoms with E-state index in [2.05, 4.69) is 19.6 Å². The minimum Gasteiger partial charge on any atom is -0.544 e. The fraction of sp³-hybridized carbons (Fsp3) is 0.500. The molecule has 4 nitrogen and oxygen atoms in total. The van der Waals surface area contributed by atoms with Crippen LogP contribution in [0.15, 0.2) is 18.2 Å². The first kappa shape index (κ1) is 15.6. The molecule has 19 heavy (non-hydrogen) atoms. The maximum absolute atomic E-state index is 11.9. The molecule has 5 heteroatoms. The van der Waals surface area contributed by atoms with Gasteiger partial charge in [0.1, 0.15) is 11.4 Å². The summed E-state index contributed by atoms with van der Waals surface area (Å²) < 4.78 is 11.1. The summed E-state index contributed by atoms with van der Waals surface area (Å²) in [7, 11) is -1.68. The Morgan fingerprint density at radius 3 is 2.21 bits per heavy atom. The number of hydrogen-bond donors (Lipinski definition) is 1. The van der Waals surface area contributed by atoms with Crippen LogP contribution in [-0.4, -0.2) is 19.9 Å². The summed E-state index contributed by atoms with van der Waals surface area (Å²) in [6, 6.07) is 5.09. The Morgan fingerprint density at radius 1 is 1.21 bits per heavy atom. The smallest absolute Gasteiger partial charge is 0.340 e. The van der Waals surface area contributed by atoms with Crippen molar-refractivity contribution in [2.24, 2.45) is 0 Å². The fourth-order valence-electron chi connectivity index (χ4n) is 1.48. The Balaban J connectivity index is 2.92. The van der Waals surface area contributed by atoms with E-state index >= 15 is 0 Å². The van der Waals surface area contributed by atoms with Crippen LogP contribution < -0.4 is 10.2 Å². The molecule has 0 fully saturated rings. The first-order chi connectivity index (χ1) is 8.48. The maximum atomic E-state index is 11.9. The van der Waals surface area contributed by atoms with Gasteiger partial charge in [-0.15, -0.1) is 0 Å². The molecule has 0 saturated heterocycles. The van der Waals surface area contributed by atoms with Crippen molar-refractivity contribution in [2.75, 3.05) is 5.73 Å². The molecule has 1 rings (SSSR count). The molecule has 1 aromatic rings. The second kappa shape index (κ2) is 5.25. The summed E-state index contributed by atoms with van der Waals surface area (Å²) in [5, 5.41) is 0. The molecule has 0 spiro atoms. The Hall–Kier alpha value is -1.49. The van der Waals surface area contributed by atoms with Crippen molar-refractivity contribution >= 4 is 20.0 Å². The number of carbonyl (C=O) groups is 1. The average molecular weight is 281 g/mol. The van der Waals surface area contributed by atoms with Crippen LogP contribution in [0.25, 0.3) is 0 Å². The topological polar surface area (TPSA) is 61.5 Å². The highest BCUT2D eigenvalue weighted by molar-refractivity contribution is 6.70. The molecule has 106 valence electrons. The summed E-state index contributed by atoms with van der Waals surface area (Å²) in [5.74, 6) is 0.286. The number of nitrogens with two attached hydrogens (primary N) is 1. The lowest BCUT2D eigenvalue weighted by Crippen LogP contribution is -2.29. The third-order valence-corrected chi connectivity index (χ3v) is 2.91. The Bertz CT molecular complexity index is 473. The zero-order chi connectivity index (χ0) is 14.8. The highest BCUT2D eigenvalue weighted by atomic mass is 28.4. The Morgan fingerprint density at radius 2 is 1.79 bits per heavy atom. The molecule has 0 bridgehead atoms. The second-order valence-electron chi connectivity index (χ2n) is 6.47. The standard InChI is InChI=1S/C14H23NO3Si/c1-14(2,3)17-13(16)11-8-7-10(9-12(11)15)18-19(4,5)6/h7-9H,15H2,1-6H3. The van der Waals surface area contributed by atoms with Crippen LogP contribution >= 0.6 is 0 Å². The van der Waals surface area contributed by atoms with Gasteiger partial charge in [0, 0.05) is 11.8 Å². The quantitative estimate of drug-likeness (QED) is 0.524. The van der Waals surface area contributed by atoms with Gasteiger partial charge in [0.2, 0.25) is 8.32 Å². The highest BCUT2D eigenvalue weighted by Gasteiger charge is 2.21. The number of anilines is 1. The molecule has 0 aliphatic rings. The van der Waals surface area contributed by atoms with Gasteiger partial charge in [0.15, 0.2) is 0 Å². The van der Waals surface area contributed by atoms with E-state index in [0.717, 1.165) is 0 Å².